The van der Waals surface area contributed by atoms with E-state index >= 15 is 0 Å². The van der Waals surface area contributed by atoms with Crippen molar-refractivity contribution in [2.45, 2.75) is 25.3 Å². The number of carbonyl (C=O) groups excluding carboxylic acids is 1. The zero-order chi connectivity index (χ0) is 14.8. The van der Waals surface area contributed by atoms with Crippen molar-refractivity contribution in [2.75, 3.05) is 20.1 Å². The van der Waals surface area contributed by atoms with Gasteiger partial charge < -0.3 is 15.3 Å². The lowest BCUT2D eigenvalue weighted by Gasteiger charge is -2.36. The van der Waals surface area contributed by atoms with Crippen LogP contribution in [0.25, 0.3) is 0 Å². The molecule has 5 heteroatoms. The third-order valence-electron chi connectivity index (χ3n) is 3.96. The number of likely N-dealkylation sites (tertiary alicyclic amines) is 1. The van der Waals surface area contributed by atoms with Crippen LogP contribution in [0.2, 0.25) is 0 Å². The minimum absolute atomic E-state index is 0.0898. The van der Waals surface area contributed by atoms with Crippen LogP contribution in [0.5, 0.6) is 5.75 Å². The maximum Gasteiger partial charge on any atom is 0.252 e. The number of nitrogens with zero attached hydrogens (tertiary/aromatic N) is 2. The lowest BCUT2D eigenvalue weighted by molar-refractivity contribution is 0.0881. The van der Waals surface area contributed by atoms with Gasteiger partial charge in [0.1, 0.15) is 11.3 Å². The highest BCUT2D eigenvalue weighted by Crippen LogP contribution is 2.24. The van der Waals surface area contributed by atoms with Gasteiger partial charge in [0.25, 0.3) is 5.91 Å². The fourth-order valence-electron chi connectivity index (χ4n) is 2.42. The van der Waals surface area contributed by atoms with Crippen LogP contribution >= 0.6 is 0 Å². The van der Waals surface area contributed by atoms with Gasteiger partial charge in [-0.25, -0.2) is 0 Å². The first-order chi connectivity index (χ1) is 9.47. The third kappa shape index (κ3) is 2.75. The predicted molar refractivity (Wildman–Crippen MR) is 75.4 cm³/mol. The Hall–Kier alpha value is -2.06. The number of aromatic hydroxyl groups is 1. The second-order valence-electron chi connectivity index (χ2n) is 5.40. The van der Waals surface area contributed by atoms with Gasteiger partial charge in [-0.3, -0.25) is 4.79 Å². The highest BCUT2D eigenvalue weighted by molar-refractivity contribution is 5.96. The Balaban J connectivity index is 2.18. The van der Waals surface area contributed by atoms with Crippen molar-refractivity contribution >= 4 is 5.91 Å². The van der Waals surface area contributed by atoms with Crippen molar-refractivity contribution in [3.63, 3.8) is 0 Å². The van der Waals surface area contributed by atoms with E-state index in [-0.39, 0.29) is 11.7 Å². The standard InChI is InChI=1S/C15H19N3O2/c1-11-12(4-3-5-13(11)19)14(20)17-15(10-16)6-8-18(2)9-7-15/h3-5,19H,6-9H2,1-2H3,(H,17,20). The third-order valence-corrected chi connectivity index (χ3v) is 3.96. The summed E-state index contributed by atoms with van der Waals surface area (Å²) in [6, 6.07) is 7.08. The van der Waals surface area contributed by atoms with Crippen LogP contribution in [0, 0.1) is 18.3 Å². The van der Waals surface area contributed by atoms with E-state index in [0.29, 0.717) is 24.0 Å². The van der Waals surface area contributed by atoms with Crippen LogP contribution in [0.4, 0.5) is 0 Å². The van der Waals surface area contributed by atoms with Gasteiger partial charge in [0.2, 0.25) is 0 Å². The molecule has 0 unspecified atom stereocenters. The first-order valence-corrected chi connectivity index (χ1v) is 6.68. The summed E-state index contributed by atoms with van der Waals surface area (Å²) in [6.07, 6.45) is 1.23. The molecule has 0 radical (unpaired) electrons. The van der Waals surface area contributed by atoms with Crippen LogP contribution < -0.4 is 5.32 Å². The predicted octanol–water partition coefficient (Wildman–Crippen LogP) is 1.42. The van der Waals surface area contributed by atoms with E-state index in [1.165, 1.54) is 0 Å². The number of rotatable bonds is 2. The number of phenolic OH excluding ortho intramolecular Hbond substituents is 1. The molecule has 1 saturated heterocycles. The summed E-state index contributed by atoms with van der Waals surface area (Å²) in [7, 11) is 2.00. The highest BCUT2D eigenvalue weighted by Gasteiger charge is 2.35. The van der Waals surface area contributed by atoms with E-state index in [1.807, 2.05) is 7.05 Å². The maximum absolute atomic E-state index is 12.3. The molecule has 0 bridgehead atoms. The van der Waals surface area contributed by atoms with Crippen molar-refractivity contribution in [1.82, 2.24) is 10.2 Å². The molecule has 1 aliphatic heterocycles. The second kappa shape index (κ2) is 5.51. The molecule has 1 amide bonds. The molecule has 1 heterocycles. The zero-order valence-corrected chi connectivity index (χ0v) is 11.8. The molecule has 1 fully saturated rings. The Morgan fingerprint density at radius 1 is 1.45 bits per heavy atom. The van der Waals surface area contributed by atoms with Gasteiger partial charge in [0.15, 0.2) is 0 Å². The summed E-state index contributed by atoms with van der Waals surface area (Å²) in [5, 5.41) is 21.9. The fourth-order valence-corrected chi connectivity index (χ4v) is 2.42. The Morgan fingerprint density at radius 3 is 2.70 bits per heavy atom. The molecule has 106 valence electrons. The van der Waals surface area contributed by atoms with Crippen LogP contribution in [0.3, 0.4) is 0 Å². The van der Waals surface area contributed by atoms with Gasteiger partial charge in [-0.1, -0.05) is 6.07 Å². The van der Waals surface area contributed by atoms with Gasteiger partial charge in [-0.2, -0.15) is 5.26 Å². The number of amides is 1. The van der Waals surface area contributed by atoms with Gasteiger partial charge in [0, 0.05) is 24.2 Å². The van der Waals surface area contributed by atoms with E-state index < -0.39 is 5.54 Å². The summed E-state index contributed by atoms with van der Waals surface area (Å²) < 4.78 is 0. The smallest absolute Gasteiger partial charge is 0.252 e. The topological polar surface area (TPSA) is 76.4 Å². The normalized spacial score (nSPS) is 18.2. The van der Waals surface area contributed by atoms with Gasteiger partial charge in [-0.05, 0) is 38.9 Å². The monoisotopic (exact) mass is 273 g/mol. The minimum Gasteiger partial charge on any atom is -0.508 e. The summed E-state index contributed by atoms with van der Waals surface area (Å²) in [6.45, 7) is 3.26. The van der Waals surface area contributed by atoms with Crippen molar-refractivity contribution in [3.05, 3.63) is 29.3 Å². The number of nitrogens with one attached hydrogen (secondary N) is 1. The van der Waals surface area contributed by atoms with Gasteiger partial charge in [-0.15, -0.1) is 0 Å². The van der Waals surface area contributed by atoms with Crippen LogP contribution in [-0.2, 0) is 0 Å². The number of hydrogen-bond donors (Lipinski definition) is 2. The molecule has 0 atom stereocenters. The summed E-state index contributed by atoms with van der Waals surface area (Å²) in [4.78, 5) is 14.5. The maximum atomic E-state index is 12.3. The fraction of sp³-hybridized carbons (Fsp3) is 0.467. The molecule has 2 N–H and O–H groups in total. The first-order valence-electron chi connectivity index (χ1n) is 6.68. The second-order valence-corrected chi connectivity index (χ2v) is 5.40. The van der Waals surface area contributed by atoms with Crippen molar-refractivity contribution in [2.24, 2.45) is 0 Å². The highest BCUT2D eigenvalue weighted by atomic mass is 16.3. The van der Waals surface area contributed by atoms with Crippen molar-refractivity contribution in [3.8, 4) is 11.8 Å². The number of phenols is 1. The van der Waals surface area contributed by atoms with Gasteiger partial charge in [0.05, 0.1) is 6.07 Å². The summed E-state index contributed by atoms with van der Waals surface area (Å²) in [5.74, 6) is -0.212. The molecule has 1 aromatic rings. The van der Waals surface area contributed by atoms with E-state index in [1.54, 1.807) is 25.1 Å². The van der Waals surface area contributed by atoms with Crippen LogP contribution in [-0.4, -0.2) is 41.6 Å². The quantitative estimate of drug-likeness (QED) is 0.854. The van der Waals surface area contributed by atoms with Gasteiger partial charge >= 0.3 is 0 Å². The lowest BCUT2D eigenvalue weighted by atomic mass is 9.88. The Kier molecular flexibility index (Phi) is 3.96. The summed E-state index contributed by atoms with van der Waals surface area (Å²) in [5.41, 5.74) is 0.145. The average molecular weight is 273 g/mol. The molecule has 0 saturated carbocycles. The van der Waals surface area contributed by atoms with E-state index in [0.717, 1.165) is 13.1 Å². The summed E-state index contributed by atoms with van der Waals surface area (Å²) >= 11 is 0. The van der Waals surface area contributed by atoms with Crippen molar-refractivity contribution in [1.29, 1.82) is 5.26 Å². The number of hydrogen-bond acceptors (Lipinski definition) is 4. The molecular weight excluding hydrogens is 254 g/mol. The largest absolute Gasteiger partial charge is 0.508 e. The molecule has 0 aromatic heterocycles. The molecule has 0 aliphatic carbocycles. The Bertz CT molecular complexity index is 555. The van der Waals surface area contributed by atoms with E-state index in [4.69, 9.17) is 0 Å². The molecule has 0 spiro atoms. The average Bonchev–Trinajstić information content (AvgIpc) is 2.44. The SMILES string of the molecule is Cc1c(O)cccc1C(=O)NC1(C#N)CCN(C)CC1. The number of nitriles is 1. The Labute approximate surface area is 118 Å². The molecule has 5 nitrogen and oxygen atoms in total. The van der Waals surface area contributed by atoms with Crippen molar-refractivity contribution < 1.29 is 9.90 Å². The molecule has 2 rings (SSSR count). The number of benzene rings is 1. The lowest BCUT2D eigenvalue weighted by Crippen LogP contribution is -2.53. The van der Waals surface area contributed by atoms with Crippen LogP contribution in [0.15, 0.2) is 18.2 Å². The molecule has 1 aliphatic rings. The number of piperidine rings is 1. The van der Waals surface area contributed by atoms with Crippen LogP contribution in [0.1, 0.15) is 28.8 Å². The molecular formula is C15H19N3O2. The first kappa shape index (κ1) is 14.4. The molecule has 1 aromatic carbocycles. The zero-order valence-electron chi connectivity index (χ0n) is 11.8. The van der Waals surface area contributed by atoms with E-state index in [9.17, 15) is 15.2 Å². The number of carbonyl (C=O) groups is 1. The minimum atomic E-state index is -0.804. The van der Waals surface area contributed by atoms with E-state index in [2.05, 4.69) is 16.3 Å². The molecule has 20 heavy (non-hydrogen) atoms. The Morgan fingerprint density at radius 2 is 2.10 bits per heavy atom.